The van der Waals surface area contributed by atoms with Crippen LogP contribution in [0.2, 0.25) is 0 Å². The molecule has 486 valence electrons. The largest absolute Gasteiger partial charge is 0.462 e. The van der Waals surface area contributed by atoms with Crippen LogP contribution in [0.1, 0.15) is 438 Å². The van der Waals surface area contributed by atoms with Gasteiger partial charge < -0.3 is 14.2 Å². The number of unbranched alkanes of at least 4 members (excludes halogenated alkanes) is 58. The lowest BCUT2D eigenvalue weighted by Crippen LogP contribution is -2.30. The minimum absolute atomic E-state index is 0.0614. The van der Waals surface area contributed by atoms with Crippen LogP contribution >= 0.6 is 0 Å². The van der Waals surface area contributed by atoms with Crippen LogP contribution in [-0.2, 0) is 28.6 Å². The Morgan fingerprint density at radius 3 is 0.610 bits per heavy atom. The number of hydrogen-bond donors (Lipinski definition) is 0. The highest BCUT2D eigenvalue weighted by Crippen LogP contribution is 2.20. The van der Waals surface area contributed by atoms with E-state index in [0.29, 0.717) is 19.3 Å². The summed E-state index contributed by atoms with van der Waals surface area (Å²) in [6.45, 7) is 6.73. The second-order valence-corrected chi connectivity index (χ2v) is 25.9. The van der Waals surface area contributed by atoms with Crippen molar-refractivity contribution in [3.63, 3.8) is 0 Å². The van der Waals surface area contributed by atoms with Crippen molar-refractivity contribution in [2.75, 3.05) is 13.2 Å². The molecule has 0 aromatic heterocycles. The van der Waals surface area contributed by atoms with Gasteiger partial charge in [0.25, 0.3) is 0 Å². The minimum atomic E-state index is -0.764. The molecule has 0 amide bonds. The van der Waals surface area contributed by atoms with E-state index < -0.39 is 6.10 Å². The van der Waals surface area contributed by atoms with Crippen molar-refractivity contribution in [3.8, 4) is 0 Å². The van der Waals surface area contributed by atoms with Gasteiger partial charge in [-0.15, -0.1) is 0 Å². The van der Waals surface area contributed by atoms with E-state index in [1.165, 1.54) is 340 Å². The molecule has 1 unspecified atom stereocenters. The predicted octanol–water partition coefficient (Wildman–Crippen LogP) is 26.0. The molecule has 0 aromatic carbocycles. The molecule has 0 bridgehead atoms. The molecular formula is C76H146O6. The van der Waals surface area contributed by atoms with Gasteiger partial charge in [-0.2, -0.15) is 0 Å². The Morgan fingerprint density at radius 2 is 0.402 bits per heavy atom. The molecule has 6 heteroatoms. The molecule has 0 aliphatic rings. The van der Waals surface area contributed by atoms with Gasteiger partial charge in [-0.05, 0) is 44.9 Å². The summed E-state index contributed by atoms with van der Waals surface area (Å²) in [5.74, 6) is -0.824. The minimum Gasteiger partial charge on any atom is -0.462 e. The van der Waals surface area contributed by atoms with Crippen LogP contribution in [0, 0.1) is 0 Å². The molecule has 0 aromatic rings. The van der Waals surface area contributed by atoms with Gasteiger partial charge in [0.1, 0.15) is 13.2 Å². The summed E-state index contributed by atoms with van der Waals surface area (Å²) in [6.07, 6.45) is 87.0. The van der Waals surface area contributed by atoms with Crippen molar-refractivity contribution in [2.45, 2.75) is 444 Å². The third-order valence-electron chi connectivity index (χ3n) is 17.5. The highest BCUT2D eigenvalue weighted by atomic mass is 16.6. The van der Waals surface area contributed by atoms with E-state index in [0.717, 1.165) is 57.8 Å². The lowest BCUT2D eigenvalue weighted by molar-refractivity contribution is -0.167. The van der Waals surface area contributed by atoms with Crippen LogP contribution in [0.5, 0.6) is 0 Å². The van der Waals surface area contributed by atoms with Gasteiger partial charge in [-0.25, -0.2) is 0 Å². The zero-order valence-corrected chi connectivity index (χ0v) is 56.1. The highest BCUT2D eigenvalue weighted by molar-refractivity contribution is 5.71. The third-order valence-corrected chi connectivity index (χ3v) is 17.5. The molecule has 6 nitrogen and oxygen atoms in total. The van der Waals surface area contributed by atoms with Crippen LogP contribution in [0.15, 0.2) is 12.2 Å². The quantitative estimate of drug-likeness (QED) is 0.0261. The summed E-state index contributed by atoms with van der Waals surface area (Å²) in [6, 6.07) is 0. The van der Waals surface area contributed by atoms with Gasteiger partial charge in [0, 0.05) is 19.3 Å². The topological polar surface area (TPSA) is 78.9 Å². The van der Waals surface area contributed by atoms with Crippen LogP contribution in [-0.4, -0.2) is 37.2 Å². The maximum Gasteiger partial charge on any atom is 0.306 e. The van der Waals surface area contributed by atoms with Crippen molar-refractivity contribution >= 4 is 17.9 Å². The number of hydrogen-bond acceptors (Lipinski definition) is 6. The number of esters is 3. The van der Waals surface area contributed by atoms with E-state index >= 15 is 0 Å². The van der Waals surface area contributed by atoms with Crippen LogP contribution < -0.4 is 0 Å². The molecule has 0 aliphatic heterocycles. The SMILES string of the molecule is CCCCCCCCCC/C=C\CCCCCCCCCCCCCCCCCCCCCCCCCC(=O)OCC(COC(=O)CCCCCCCCCCCCCCC)OC(=O)CCCCCCCCCCCCCCCCCC. The first-order valence-corrected chi connectivity index (χ1v) is 37.7. The molecule has 0 N–H and O–H groups in total. The lowest BCUT2D eigenvalue weighted by atomic mass is 10.0. The molecule has 0 saturated carbocycles. The van der Waals surface area contributed by atoms with E-state index in [4.69, 9.17) is 14.2 Å². The number of ether oxygens (including phenoxy) is 3. The van der Waals surface area contributed by atoms with Gasteiger partial charge in [-0.1, -0.05) is 386 Å². The van der Waals surface area contributed by atoms with Gasteiger partial charge in [0.15, 0.2) is 6.10 Å². The van der Waals surface area contributed by atoms with Crippen molar-refractivity contribution in [1.29, 1.82) is 0 Å². The van der Waals surface area contributed by atoms with Crippen LogP contribution in [0.4, 0.5) is 0 Å². The Bertz CT molecular complexity index is 1280. The maximum atomic E-state index is 12.9. The van der Waals surface area contributed by atoms with E-state index in [2.05, 4.69) is 32.9 Å². The van der Waals surface area contributed by atoms with Gasteiger partial charge in [0.05, 0.1) is 0 Å². The van der Waals surface area contributed by atoms with E-state index in [-0.39, 0.29) is 31.1 Å². The number of carbonyl (C=O) groups is 3. The summed E-state index contributed by atoms with van der Waals surface area (Å²) >= 11 is 0. The van der Waals surface area contributed by atoms with Crippen LogP contribution in [0.3, 0.4) is 0 Å². The number of carbonyl (C=O) groups excluding carboxylic acids is 3. The molecule has 0 rings (SSSR count). The van der Waals surface area contributed by atoms with E-state index in [1.807, 2.05) is 0 Å². The molecule has 1 atom stereocenters. The third kappa shape index (κ3) is 68.9. The smallest absolute Gasteiger partial charge is 0.306 e. The predicted molar refractivity (Wildman–Crippen MR) is 358 cm³/mol. The highest BCUT2D eigenvalue weighted by Gasteiger charge is 2.20. The van der Waals surface area contributed by atoms with Crippen molar-refractivity contribution in [3.05, 3.63) is 12.2 Å². The maximum absolute atomic E-state index is 12.9. The zero-order chi connectivity index (χ0) is 59.2. The summed E-state index contributed by atoms with van der Waals surface area (Å²) in [5, 5.41) is 0. The van der Waals surface area contributed by atoms with Crippen molar-refractivity contribution < 1.29 is 28.6 Å². The summed E-state index contributed by atoms with van der Waals surface area (Å²) < 4.78 is 17.0. The van der Waals surface area contributed by atoms with E-state index in [1.54, 1.807) is 0 Å². The monoisotopic (exact) mass is 1160 g/mol. The first-order chi connectivity index (χ1) is 40.5. The fourth-order valence-electron chi connectivity index (χ4n) is 11.9. The lowest BCUT2D eigenvalue weighted by Gasteiger charge is -2.18. The zero-order valence-electron chi connectivity index (χ0n) is 56.1. The van der Waals surface area contributed by atoms with Crippen LogP contribution in [0.25, 0.3) is 0 Å². The standard InChI is InChI=1S/C76H146O6/c1-4-7-10-13-16-19-22-25-27-29-30-31-32-33-34-35-36-37-38-39-40-41-42-43-44-45-46-47-49-51-54-57-60-63-66-69-75(78)81-72-73(71-80-74(77)68-65-62-59-56-53-50-24-21-18-15-12-9-6-3)82-76(79)70-67-64-61-58-55-52-48-28-26-23-20-17-14-11-8-5-2/h29-30,73H,4-28,31-72H2,1-3H3/b30-29-. The molecule has 0 saturated heterocycles. The second kappa shape index (κ2) is 71.6. The number of allylic oxidation sites excluding steroid dienone is 2. The molecular weight excluding hydrogens is 1010 g/mol. The normalized spacial score (nSPS) is 12.0. The summed E-state index contributed by atoms with van der Waals surface area (Å²) in [5.41, 5.74) is 0. The fourth-order valence-corrected chi connectivity index (χ4v) is 11.9. The first kappa shape index (κ1) is 80.2. The fraction of sp³-hybridized carbons (Fsp3) is 0.934. The Balaban J connectivity index is 4.03. The second-order valence-electron chi connectivity index (χ2n) is 25.9. The Labute approximate surface area is 513 Å². The molecule has 0 heterocycles. The van der Waals surface area contributed by atoms with Gasteiger partial charge >= 0.3 is 17.9 Å². The summed E-state index contributed by atoms with van der Waals surface area (Å²) in [4.78, 5) is 38.4. The van der Waals surface area contributed by atoms with Gasteiger partial charge in [-0.3, -0.25) is 14.4 Å². The Morgan fingerprint density at radius 1 is 0.232 bits per heavy atom. The molecule has 0 radical (unpaired) electrons. The molecule has 0 fully saturated rings. The molecule has 0 spiro atoms. The van der Waals surface area contributed by atoms with E-state index in [9.17, 15) is 14.4 Å². The molecule has 82 heavy (non-hydrogen) atoms. The van der Waals surface area contributed by atoms with Crippen molar-refractivity contribution in [2.24, 2.45) is 0 Å². The number of rotatable bonds is 71. The Kier molecular flexibility index (Phi) is 70.0. The van der Waals surface area contributed by atoms with Crippen molar-refractivity contribution in [1.82, 2.24) is 0 Å². The average Bonchev–Trinajstić information content (AvgIpc) is 3.47. The Hall–Kier alpha value is -1.85. The summed E-state index contributed by atoms with van der Waals surface area (Å²) in [7, 11) is 0. The van der Waals surface area contributed by atoms with Gasteiger partial charge in [0.2, 0.25) is 0 Å². The molecule has 0 aliphatic carbocycles. The first-order valence-electron chi connectivity index (χ1n) is 37.7. The average molecular weight is 1160 g/mol.